The van der Waals surface area contributed by atoms with Crippen LogP contribution < -0.4 is 14.9 Å². The van der Waals surface area contributed by atoms with Gasteiger partial charge in [-0.15, -0.1) is 0 Å². The van der Waals surface area contributed by atoms with Gasteiger partial charge >= 0.3 is 5.69 Å². The average Bonchev–Trinajstić information content (AvgIpc) is 2.62. The van der Waals surface area contributed by atoms with Crippen molar-refractivity contribution in [1.82, 2.24) is 5.43 Å². The molecule has 0 unspecified atom stereocenters. The maximum absolute atomic E-state index is 11.8. The number of nitrogens with zero attached hydrogens (tertiary/aromatic N) is 2. The lowest BCUT2D eigenvalue weighted by molar-refractivity contribution is -0.385. The van der Waals surface area contributed by atoms with Crippen LogP contribution in [0.25, 0.3) is 0 Å². The van der Waals surface area contributed by atoms with E-state index in [1.807, 2.05) is 6.92 Å². The van der Waals surface area contributed by atoms with E-state index in [0.29, 0.717) is 23.5 Å². The number of aromatic hydroxyl groups is 1. The van der Waals surface area contributed by atoms with E-state index in [0.717, 1.165) is 0 Å². The molecule has 2 aromatic rings. The van der Waals surface area contributed by atoms with Gasteiger partial charge in [0.25, 0.3) is 5.91 Å². The van der Waals surface area contributed by atoms with Crippen LogP contribution in [-0.2, 0) is 4.79 Å². The summed E-state index contributed by atoms with van der Waals surface area (Å²) in [5, 5.41) is 24.6. The molecule has 2 N–H and O–H groups in total. The zero-order chi connectivity index (χ0) is 19.8. The van der Waals surface area contributed by atoms with Crippen LogP contribution >= 0.6 is 0 Å². The lowest BCUT2D eigenvalue weighted by Crippen LogP contribution is -2.24. The lowest BCUT2D eigenvalue weighted by atomic mass is 10.2. The first-order chi connectivity index (χ1) is 12.9. The molecule has 0 saturated heterocycles. The minimum absolute atomic E-state index is 0.00566. The van der Waals surface area contributed by atoms with Gasteiger partial charge in [0, 0.05) is 17.7 Å². The molecular weight excluding hydrogens is 354 g/mol. The number of nitro groups is 1. The van der Waals surface area contributed by atoms with Crippen LogP contribution in [0.1, 0.15) is 18.1 Å². The van der Waals surface area contributed by atoms with Crippen molar-refractivity contribution in [1.29, 1.82) is 0 Å². The SMILES string of the molecule is CCOc1ccc(/C=N\NC(=O)COc2ccc(C)cc2[N+](=O)[O-])c(O)c1. The Bertz CT molecular complexity index is 866. The Labute approximate surface area is 155 Å². The molecule has 0 fully saturated rings. The van der Waals surface area contributed by atoms with E-state index in [1.54, 1.807) is 25.1 Å². The van der Waals surface area contributed by atoms with Crippen molar-refractivity contribution in [2.45, 2.75) is 13.8 Å². The van der Waals surface area contributed by atoms with Crippen LogP contribution in [0.2, 0.25) is 0 Å². The summed E-state index contributed by atoms with van der Waals surface area (Å²) in [5.74, 6) is -0.143. The highest BCUT2D eigenvalue weighted by Crippen LogP contribution is 2.27. The van der Waals surface area contributed by atoms with Gasteiger partial charge in [-0.25, -0.2) is 5.43 Å². The minimum Gasteiger partial charge on any atom is -0.507 e. The maximum atomic E-state index is 11.8. The highest BCUT2D eigenvalue weighted by molar-refractivity contribution is 5.85. The number of carbonyl (C=O) groups excluding carboxylic acids is 1. The van der Waals surface area contributed by atoms with Gasteiger partial charge in [-0.3, -0.25) is 14.9 Å². The molecule has 0 atom stereocenters. The Morgan fingerprint density at radius 1 is 1.30 bits per heavy atom. The monoisotopic (exact) mass is 373 g/mol. The molecule has 9 nitrogen and oxygen atoms in total. The number of nitro benzene ring substituents is 1. The summed E-state index contributed by atoms with van der Waals surface area (Å²) in [7, 11) is 0. The Hall–Kier alpha value is -3.62. The molecule has 1 amide bonds. The molecule has 0 heterocycles. The summed E-state index contributed by atoms with van der Waals surface area (Å²) < 4.78 is 10.4. The number of rotatable bonds is 8. The second kappa shape index (κ2) is 9.18. The number of aryl methyl sites for hydroxylation is 1. The minimum atomic E-state index is -0.605. The molecule has 2 aromatic carbocycles. The molecule has 9 heteroatoms. The lowest BCUT2D eigenvalue weighted by Gasteiger charge is -2.06. The molecule has 0 aliphatic rings. The van der Waals surface area contributed by atoms with E-state index in [9.17, 15) is 20.0 Å². The molecule has 0 bridgehead atoms. The Morgan fingerprint density at radius 3 is 2.74 bits per heavy atom. The van der Waals surface area contributed by atoms with Crippen molar-refractivity contribution in [3.63, 3.8) is 0 Å². The predicted octanol–water partition coefficient (Wildman–Crippen LogP) is 2.54. The van der Waals surface area contributed by atoms with E-state index in [-0.39, 0.29) is 17.2 Å². The Morgan fingerprint density at radius 2 is 2.07 bits per heavy atom. The fraction of sp³-hybridized carbons (Fsp3) is 0.222. The van der Waals surface area contributed by atoms with Crippen molar-refractivity contribution >= 4 is 17.8 Å². The van der Waals surface area contributed by atoms with Gasteiger partial charge in [-0.1, -0.05) is 6.07 Å². The number of phenolic OH excluding ortho intramolecular Hbond substituents is 1. The maximum Gasteiger partial charge on any atom is 0.311 e. The zero-order valence-electron chi connectivity index (χ0n) is 14.8. The van der Waals surface area contributed by atoms with Crippen LogP contribution in [0.4, 0.5) is 5.69 Å². The topological polar surface area (TPSA) is 123 Å². The van der Waals surface area contributed by atoms with Crippen molar-refractivity contribution in [3.8, 4) is 17.2 Å². The zero-order valence-corrected chi connectivity index (χ0v) is 14.8. The van der Waals surface area contributed by atoms with E-state index in [2.05, 4.69) is 10.5 Å². The van der Waals surface area contributed by atoms with E-state index in [1.165, 1.54) is 24.4 Å². The van der Waals surface area contributed by atoms with Crippen LogP contribution in [0, 0.1) is 17.0 Å². The van der Waals surface area contributed by atoms with E-state index < -0.39 is 17.4 Å². The predicted molar refractivity (Wildman–Crippen MR) is 98.3 cm³/mol. The molecule has 0 aliphatic heterocycles. The second-order valence-electron chi connectivity index (χ2n) is 5.46. The van der Waals surface area contributed by atoms with Gasteiger partial charge in [0.2, 0.25) is 0 Å². The van der Waals surface area contributed by atoms with Gasteiger partial charge in [0.05, 0.1) is 17.7 Å². The first-order valence-electron chi connectivity index (χ1n) is 8.06. The first-order valence-corrected chi connectivity index (χ1v) is 8.06. The largest absolute Gasteiger partial charge is 0.507 e. The third kappa shape index (κ3) is 5.70. The number of hydrogen-bond donors (Lipinski definition) is 2. The summed E-state index contributed by atoms with van der Waals surface area (Å²) in [5.41, 5.74) is 3.09. The number of benzene rings is 2. The number of carbonyl (C=O) groups is 1. The molecular formula is C18H19N3O6. The number of hydrogen-bond acceptors (Lipinski definition) is 7. The van der Waals surface area contributed by atoms with Crippen molar-refractivity contribution in [3.05, 3.63) is 57.6 Å². The van der Waals surface area contributed by atoms with E-state index in [4.69, 9.17) is 9.47 Å². The van der Waals surface area contributed by atoms with Gasteiger partial charge < -0.3 is 14.6 Å². The summed E-state index contributed by atoms with van der Waals surface area (Å²) in [6.07, 6.45) is 1.26. The summed E-state index contributed by atoms with van der Waals surface area (Å²) in [6, 6.07) is 9.12. The van der Waals surface area contributed by atoms with Crippen molar-refractivity contribution in [2.24, 2.45) is 5.10 Å². The molecule has 142 valence electrons. The molecule has 0 spiro atoms. The van der Waals surface area contributed by atoms with Crippen LogP contribution in [0.15, 0.2) is 41.5 Å². The number of nitrogens with one attached hydrogen (secondary N) is 1. The first kappa shape index (κ1) is 19.7. The fourth-order valence-corrected chi connectivity index (χ4v) is 2.13. The Balaban J connectivity index is 1.92. The van der Waals surface area contributed by atoms with Crippen LogP contribution in [-0.4, -0.2) is 35.4 Å². The van der Waals surface area contributed by atoms with Gasteiger partial charge in [-0.05, 0) is 37.6 Å². The summed E-state index contributed by atoms with van der Waals surface area (Å²) in [4.78, 5) is 22.2. The molecule has 0 aliphatic carbocycles. The summed E-state index contributed by atoms with van der Waals surface area (Å²) in [6.45, 7) is 3.57. The van der Waals surface area contributed by atoms with Crippen molar-refractivity contribution in [2.75, 3.05) is 13.2 Å². The summed E-state index contributed by atoms with van der Waals surface area (Å²) >= 11 is 0. The Kier molecular flexibility index (Phi) is 6.70. The smallest absolute Gasteiger partial charge is 0.311 e. The van der Waals surface area contributed by atoms with Crippen LogP contribution in [0.3, 0.4) is 0 Å². The van der Waals surface area contributed by atoms with Gasteiger partial charge in [0.1, 0.15) is 11.5 Å². The number of hydrazone groups is 1. The van der Waals surface area contributed by atoms with Crippen LogP contribution in [0.5, 0.6) is 17.2 Å². The second-order valence-corrected chi connectivity index (χ2v) is 5.46. The number of phenols is 1. The van der Waals surface area contributed by atoms with Crippen molar-refractivity contribution < 1.29 is 24.3 Å². The standard InChI is InChI=1S/C18H19N3O6/c1-3-26-14-6-5-13(16(22)9-14)10-19-20-18(23)11-27-17-7-4-12(2)8-15(17)21(24)25/h4-10,22H,3,11H2,1-2H3,(H,20,23)/b19-10-. The number of ether oxygens (including phenoxy) is 2. The molecule has 0 saturated carbocycles. The number of amides is 1. The average molecular weight is 373 g/mol. The third-order valence-corrected chi connectivity index (χ3v) is 3.38. The molecule has 2 rings (SSSR count). The fourth-order valence-electron chi connectivity index (χ4n) is 2.13. The van der Waals surface area contributed by atoms with Gasteiger partial charge in [-0.2, -0.15) is 5.10 Å². The van der Waals surface area contributed by atoms with E-state index >= 15 is 0 Å². The normalized spacial score (nSPS) is 10.6. The highest BCUT2D eigenvalue weighted by Gasteiger charge is 2.16. The molecule has 27 heavy (non-hydrogen) atoms. The highest BCUT2D eigenvalue weighted by atomic mass is 16.6. The quantitative estimate of drug-likeness (QED) is 0.416. The molecule has 0 radical (unpaired) electrons. The molecule has 0 aromatic heterocycles. The third-order valence-electron chi connectivity index (χ3n) is 3.38. The van der Waals surface area contributed by atoms with Gasteiger partial charge in [0.15, 0.2) is 12.4 Å².